The van der Waals surface area contributed by atoms with Gasteiger partial charge in [-0.05, 0) is 77.6 Å². The number of para-hydroxylation sites is 4. The van der Waals surface area contributed by atoms with Crippen molar-refractivity contribution in [2.24, 2.45) is 0 Å². The van der Waals surface area contributed by atoms with Crippen LogP contribution in [0.2, 0.25) is 0 Å². The van der Waals surface area contributed by atoms with Crippen LogP contribution in [-0.2, 0) is 10.8 Å². The Morgan fingerprint density at radius 3 is 1.17 bits per heavy atom. The van der Waals surface area contributed by atoms with E-state index in [4.69, 9.17) is 19.4 Å². The van der Waals surface area contributed by atoms with Crippen molar-refractivity contribution in [2.75, 3.05) is 0 Å². The first-order valence-corrected chi connectivity index (χ1v) is 22.6. The molecule has 0 aliphatic carbocycles. The van der Waals surface area contributed by atoms with E-state index in [1.165, 1.54) is 0 Å². The highest BCUT2D eigenvalue weighted by molar-refractivity contribution is 5.84. The zero-order chi connectivity index (χ0) is 44.2. The standard InChI is InChI=1S/C62H44N2O2/c1-41-22-19-23-42(2)57(41)54-40-53(47-32-20-36-51-58(47)65-55-38-17-15-34-49(55)61(51,43-24-7-3-8-25-43)44-26-9-4-10-27-44)63-60(64-54)48-33-21-37-52-59(48)66-56-39-18-16-35-50(56)62(52,45-28-11-5-12-29-45)46-30-13-6-14-31-46/h3-40H,1-2H3. The average molecular weight is 849 g/mol. The molecule has 4 heteroatoms. The van der Waals surface area contributed by atoms with E-state index in [2.05, 4.69) is 238 Å². The smallest absolute Gasteiger partial charge is 0.164 e. The number of ether oxygens (including phenoxy) is 2. The van der Waals surface area contributed by atoms with E-state index in [0.29, 0.717) is 5.82 Å². The lowest BCUT2D eigenvalue weighted by Gasteiger charge is -2.42. The Kier molecular flexibility index (Phi) is 9.35. The number of nitrogens with zero attached hydrogens (tertiary/aromatic N) is 2. The minimum Gasteiger partial charge on any atom is -0.456 e. The average Bonchev–Trinajstić information content (AvgIpc) is 3.38. The number of hydrogen-bond acceptors (Lipinski definition) is 4. The van der Waals surface area contributed by atoms with Crippen molar-refractivity contribution < 1.29 is 9.47 Å². The molecule has 0 N–H and O–H groups in total. The lowest BCUT2D eigenvalue weighted by atomic mass is 9.63. The molecule has 0 saturated heterocycles. The molecule has 2 aliphatic rings. The van der Waals surface area contributed by atoms with Crippen LogP contribution in [0.1, 0.15) is 55.6 Å². The van der Waals surface area contributed by atoms with Gasteiger partial charge in [-0.1, -0.05) is 200 Å². The van der Waals surface area contributed by atoms with E-state index in [9.17, 15) is 0 Å². The van der Waals surface area contributed by atoms with Crippen LogP contribution >= 0.6 is 0 Å². The van der Waals surface area contributed by atoms with Gasteiger partial charge in [0.05, 0.1) is 27.8 Å². The summed E-state index contributed by atoms with van der Waals surface area (Å²) in [5.74, 6) is 3.63. The summed E-state index contributed by atoms with van der Waals surface area (Å²) in [6.45, 7) is 4.31. The lowest BCUT2D eigenvalue weighted by molar-refractivity contribution is 0.435. The maximum atomic E-state index is 7.17. The quantitative estimate of drug-likeness (QED) is 0.160. The summed E-state index contributed by atoms with van der Waals surface area (Å²) in [5.41, 5.74) is 14.0. The van der Waals surface area contributed by atoms with Gasteiger partial charge < -0.3 is 9.47 Å². The Morgan fingerprint density at radius 2 is 0.697 bits per heavy atom. The third kappa shape index (κ3) is 5.92. The van der Waals surface area contributed by atoms with Gasteiger partial charge in [-0.2, -0.15) is 0 Å². The van der Waals surface area contributed by atoms with Crippen molar-refractivity contribution >= 4 is 0 Å². The zero-order valence-corrected chi connectivity index (χ0v) is 36.7. The number of benzene rings is 9. The second-order valence-electron chi connectivity index (χ2n) is 17.3. The Morgan fingerprint density at radius 1 is 0.333 bits per heavy atom. The van der Waals surface area contributed by atoms with Gasteiger partial charge in [0, 0.05) is 33.4 Å². The fraction of sp³-hybridized carbons (Fsp3) is 0.0645. The molecule has 0 atom stereocenters. The number of hydrogen-bond donors (Lipinski definition) is 0. The Labute approximate surface area is 385 Å². The third-order valence-electron chi connectivity index (χ3n) is 13.7. The van der Waals surface area contributed by atoms with Crippen molar-refractivity contribution in [2.45, 2.75) is 24.7 Å². The molecule has 0 amide bonds. The topological polar surface area (TPSA) is 44.2 Å². The van der Waals surface area contributed by atoms with Gasteiger partial charge in [0.15, 0.2) is 5.82 Å². The maximum Gasteiger partial charge on any atom is 0.164 e. The van der Waals surface area contributed by atoms with E-state index < -0.39 is 10.8 Å². The Hall–Kier alpha value is -8.34. The van der Waals surface area contributed by atoms with Crippen molar-refractivity contribution in [1.29, 1.82) is 0 Å². The molecule has 0 fully saturated rings. The molecular weight excluding hydrogens is 805 g/mol. The van der Waals surface area contributed by atoms with Gasteiger partial charge in [0.1, 0.15) is 23.0 Å². The third-order valence-corrected chi connectivity index (χ3v) is 13.7. The number of fused-ring (bicyclic) bond motifs is 4. The molecule has 12 rings (SSSR count). The molecule has 1 aromatic heterocycles. The molecule has 0 unspecified atom stereocenters. The van der Waals surface area contributed by atoms with Crippen molar-refractivity contribution in [3.63, 3.8) is 0 Å². The highest BCUT2D eigenvalue weighted by Gasteiger charge is 2.48. The van der Waals surface area contributed by atoms with Crippen LogP contribution in [0.25, 0.3) is 33.9 Å². The van der Waals surface area contributed by atoms with Crippen LogP contribution in [0, 0.1) is 13.8 Å². The van der Waals surface area contributed by atoms with E-state index in [-0.39, 0.29) is 0 Å². The normalized spacial score (nSPS) is 13.8. The molecule has 4 nitrogen and oxygen atoms in total. The predicted molar refractivity (Wildman–Crippen MR) is 265 cm³/mol. The fourth-order valence-electron chi connectivity index (χ4n) is 10.9. The zero-order valence-electron chi connectivity index (χ0n) is 36.7. The van der Waals surface area contributed by atoms with Crippen LogP contribution in [0.5, 0.6) is 23.0 Å². The molecule has 66 heavy (non-hydrogen) atoms. The molecule has 0 spiro atoms. The van der Waals surface area contributed by atoms with Crippen LogP contribution in [-0.4, -0.2) is 9.97 Å². The fourth-order valence-corrected chi connectivity index (χ4v) is 10.9. The molecule has 314 valence electrons. The molecule has 0 saturated carbocycles. The maximum absolute atomic E-state index is 7.17. The second-order valence-corrected chi connectivity index (χ2v) is 17.3. The summed E-state index contributed by atoms with van der Waals surface area (Å²) in [5, 5.41) is 0. The lowest BCUT2D eigenvalue weighted by Crippen LogP contribution is -2.34. The van der Waals surface area contributed by atoms with E-state index in [1.807, 2.05) is 6.07 Å². The molecule has 0 bridgehead atoms. The molecule has 3 heterocycles. The van der Waals surface area contributed by atoms with Gasteiger partial charge in [-0.3, -0.25) is 0 Å². The van der Waals surface area contributed by atoms with E-state index >= 15 is 0 Å². The number of aryl methyl sites for hydroxylation is 2. The Balaban J connectivity index is 1.15. The van der Waals surface area contributed by atoms with Crippen LogP contribution in [0.4, 0.5) is 0 Å². The summed E-state index contributed by atoms with van der Waals surface area (Å²) in [6.07, 6.45) is 0. The molecule has 9 aromatic carbocycles. The highest BCUT2D eigenvalue weighted by Crippen LogP contribution is 2.59. The SMILES string of the molecule is Cc1cccc(C)c1-c1cc(-c2cccc3c2Oc2ccccc2C3(c2ccccc2)c2ccccc2)nc(-c2cccc3c2Oc2ccccc2C3(c2ccccc2)c2ccccc2)n1. The number of aromatic nitrogens is 2. The molecular formula is C62H44N2O2. The van der Waals surface area contributed by atoms with Crippen molar-refractivity contribution in [3.05, 3.63) is 286 Å². The first kappa shape index (κ1) is 39.3. The van der Waals surface area contributed by atoms with E-state index in [1.54, 1.807) is 0 Å². The van der Waals surface area contributed by atoms with Crippen molar-refractivity contribution in [3.8, 4) is 56.9 Å². The summed E-state index contributed by atoms with van der Waals surface area (Å²) in [4.78, 5) is 11.1. The largest absolute Gasteiger partial charge is 0.456 e. The predicted octanol–water partition coefficient (Wildman–Crippen LogP) is 15.1. The molecule has 10 aromatic rings. The van der Waals surface area contributed by atoms with Gasteiger partial charge in [0.2, 0.25) is 0 Å². The first-order valence-electron chi connectivity index (χ1n) is 22.6. The van der Waals surface area contributed by atoms with Gasteiger partial charge in [-0.15, -0.1) is 0 Å². The monoisotopic (exact) mass is 848 g/mol. The van der Waals surface area contributed by atoms with Gasteiger partial charge in [-0.25, -0.2) is 9.97 Å². The second kappa shape index (κ2) is 15.7. The van der Waals surface area contributed by atoms with Crippen LogP contribution in [0.3, 0.4) is 0 Å². The molecule has 0 radical (unpaired) electrons. The van der Waals surface area contributed by atoms with Crippen LogP contribution < -0.4 is 9.47 Å². The minimum absolute atomic E-state index is 0.558. The van der Waals surface area contributed by atoms with Gasteiger partial charge in [0.25, 0.3) is 0 Å². The summed E-state index contributed by atoms with van der Waals surface area (Å²) in [6, 6.07) is 81.5. The van der Waals surface area contributed by atoms with Crippen LogP contribution in [0.15, 0.2) is 231 Å². The van der Waals surface area contributed by atoms with Gasteiger partial charge >= 0.3 is 0 Å². The number of rotatable bonds is 7. The minimum atomic E-state index is -0.701. The Bertz CT molecular complexity index is 3140. The van der Waals surface area contributed by atoms with E-state index in [0.717, 1.165) is 107 Å². The highest BCUT2D eigenvalue weighted by atomic mass is 16.5. The molecule has 2 aliphatic heterocycles. The first-order chi connectivity index (χ1) is 32.6. The summed E-state index contributed by atoms with van der Waals surface area (Å²) in [7, 11) is 0. The summed E-state index contributed by atoms with van der Waals surface area (Å²) < 4.78 is 14.3. The summed E-state index contributed by atoms with van der Waals surface area (Å²) >= 11 is 0. The van der Waals surface area contributed by atoms with Crippen molar-refractivity contribution in [1.82, 2.24) is 9.97 Å².